The van der Waals surface area contributed by atoms with Gasteiger partial charge in [-0.25, -0.2) is 4.98 Å². The number of hydrogen-bond donors (Lipinski definition) is 1. The van der Waals surface area contributed by atoms with Gasteiger partial charge in [-0.3, -0.25) is 4.79 Å². The van der Waals surface area contributed by atoms with E-state index in [0.717, 1.165) is 17.4 Å². The molecule has 1 heterocycles. The minimum atomic E-state index is -0.0865. The van der Waals surface area contributed by atoms with Crippen LogP contribution >= 0.6 is 15.9 Å². The zero-order valence-electron chi connectivity index (χ0n) is 10.4. The van der Waals surface area contributed by atoms with Gasteiger partial charge in [0, 0.05) is 24.3 Å². The second-order valence-electron chi connectivity index (χ2n) is 4.29. The van der Waals surface area contributed by atoms with Crippen molar-refractivity contribution in [1.82, 2.24) is 9.88 Å². The Morgan fingerprint density at radius 1 is 1.65 bits per heavy atom. The van der Waals surface area contributed by atoms with Crippen LogP contribution in [0.15, 0.2) is 16.7 Å². The molecule has 17 heavy (non-hydrogen) atoms. The third-order valence-corrected chi connectivity index (χ3v) is 3.18. The number of nitrogen functional groups attached to an aromatic ring is 1. The van der Waals surface area contributed by atoms with Crippen molar-refractivity contribution in [2.45, 2.75) is 20.3 Å². The van der Waals surface area contributed by atoms with Crippen molar-refractivity contribution in [2.24, 2.45) is 5.92 Å². The first-order valence-corrected chi connectivity index (χ1v) is 6.41. The third-order valence-electron chi connectivity index (χ3n) is 2.74. The summed E-state index contributed by atoms with van der Waals surface area (Å²) in [7, 11) is 1.79. The second-order valence-corrected chi connectivity index (χ2v) is 5.20. The highest BCUT2D eigenvalue weighted by Crippen LogP contribution is 2.17. The summed E-state index contributed by atoms with van der Waals surface area (Å²) in [5.74, 6) is 0.663. The van der Waals surface area contributed by atoms with Crippen molar-refractivity contribution in [3.8, 4) is 0 Å². The second kappa shape index (κ2) is 6.00. The first-order valence-electron chi connectivity index (χ1n) is 5.62. The van der Waals surface area contributed by atoms with E-state index in [1.54, 1.807) is 24.2 Å². The predicted octanol–water partition coefficient (Wildman–Crippen LogP) is 2.54. The van der Waals surface area contributed by atoms with Gasteiger partial charge in [-0.2, -0.15) is 0 Å². The van der Waals surface area contributed by atoms with Gasteiger partial charge in [0.15, 0.2) is 0 Å². The van der Waals surface area contributed by atoms with Crippen molar-refractivity contribution in [1.29, 1.82) is 0 Å². The fourth-order valence-electron chi connectivity index (χ4n) is 1.51. The normalized spacial score (nSPS) is 12.2. The Morgan fingerprint density at radius 2 is 2.29 bits per heavy atom. The monoisotopic (exact) mass is 299 g/mol. The molecule has 0 bridgehead atoms. The fourth-order valence-corrected chi connectivity index (χ4v) is 1.84. The van der Waals surface area contributed by atoms with Gasteiger partial charge in [-0.05, 0) is 27.9 Å². The number of rotatable bonds is 4. The fraction of sp³-hybridized carbons (Fsp3) is 0.500. The van der Waals surface area contributed by atoms with E-state index in [4.69, 9.17) is 5.73 Å². The van der Waals surface area contributed by atoms with Gasteiger partial charge < -0.3 is 10.6 Å². The van der Waals surface area contributed by atoms with Gasteiger partial charge in [-0.15, -0.1) is 0 Å². The highest BCUT2D eigenvalue weighted by Gasteiger charge is 2.17. The van der Waals surface area contributed by atoms with Crippen LogP contribution in [0.5, 0.6) is 0 Å². The summed E-state index contributed by atoms with van der Waals surface area (Å²) in [4.78, 5) is 17.8. The Bertz CT molecular complexity index is 409. The summed E-state index contributed by atoms with van der Waals surface area (Å²) in [5.41, 5.74) is 6.16. The molecule has 0 saturated heterocycles. The van der Waals surface area contributed by atoms with Crippen molar-refractivity contribution in [3.05, 3.63) is 22.3 Å². The Hall–Kier alpha value is -1.10. The Kier molecular flexibility index (Phi) is 4.93. The van der Waals surface area contributed by atoms with Crippen LogP contribution in [0.4, 0.5) is 5.82 Å². The minimum Gasteiger partial charge on any atom is -0.383 e. The molecule has 1 aromatic heterocycles. The molecule has 0 saturated carbocycles. The van der Waals surface area contributed by atoms with Crippen LogP contribution in [0, 0.1) is 5.92 Å². The standard InChI is InChI=1S/C12H18BrN3O/c1-4-8(2)7-16(3)12(17)10-5-9(13)6-15-11(10)14/h5-6,8H,4,7H2,1-3H3,(H2,14,15). The van der Waals surface area contributed by atoms with Gasteiger partial charge in [0.05, 0.1) is 5.56 Å². The van der Waals surface area contributed by atoms with Gasteiger partial charge in [0.2, 0.25) is 0 Å². The lowest BCUT2D eigenvalue weighted by molar-refractivity contribution is 0.0775. The Labute approximate surface area is 110 Å². The molecule has 2 N–H and O–H groups in total. The van der Waals surface area contributed by atoms with E-state index in [2.05, 4.69) is 34.8 Å². The van der Waals surface area contributed by atoms with Crippen molar-refractivity contribution in [3.63, 3.8) is 0 Å². The Morgan fingerprint density at radius 3 is 2.88 bits per heavy atom. The van der Waals surface area contributed by atoms with Crippen LogP contribution in [-0.2, 0) is 0 Å². The average Bonchev–Trinajstić information content (AvgIpc) is 2.31. The van der Waals surface area contributed by atoms with Crippen molar-refractivity contribution < 1.29 is 4.79 Å². The van der Waals surface area contributed by atoms with Gasteiger partial charge in [-0.1, -0.05) is 20.3 Å². The highest BCUT2D eigenvalue weighted by atomic mass is 79.9. The van der Waals surface area contributed by atoms with E-state index in [1.807, 2.05) is 0 Å². The molecular formula is C12H18BrN3O. The van der Waals surface area contributed by atoms with Gasteiger partial charge in [0.25, 0.3) is 5.91 Å². The van der Waals surface area contributed by atoms with E-state index < -0.39 is 0 Å². The topological polar surface area (TPSA) is 59.2 Å². The molecule has 0 radical (unpaired) electrons. The molecule has 0 fully saturated rings. The number of carbonyl (C=O) groups excluding carboxylic acids is 1. The molecule has 0 aromatic carbocycles. The summed E-state index contributed by atoms with van der Waals surface area (Å²) in [6.07, 6.45) is 2.63. The number of anilines is 1. The predicted molar refractivity (Wildman–Crippen MR) is 72.8 cm³/mol. The van der Waals surface area contributed by atoms with Crippen LogP contribution in [0.25, 0.3) is 0 Å². The molecule has 0 aliphatic rings. The Balaban J connectivity index is 2.85. The molecule has 1 amide bonds. The molecule has 0 aliphatic heterocycles. The lowest BCUT2D eigenvalue weighted by Crippen LogP contribution is -2.31. The minimum absolute atomic E-state index is 0.0865. The smallest absolute Gasteiger partial charge is 0.257 e. The molecule has 0 aliphatic carbocycles. The maximum Gasteiger partial charge on any atom is 0.257 e. The first-order chi connectivity index (χ1) is 7.95. The first kappa shape index (κ1) is 14.0. The molecule has 1 rings (SSSR count). The largest absolute Gasteiger partial charge is 0.383 e. The van der Waals surface area contributed by atoms with Crippen LogP contribution in [0.1, 0.15) is 30.6 Å². The molecule has 94 valence electrons. The maximum absolute atomic E-state index is 12.2. The van der Waals surface area contributed by atoms with Crippen LogP contribution in [0.3, 0.4) is 0 Å². The number of amides is 1. The number of hydrogen-bond acceptors (Lipinski definition) is 3. The molecule has 1 atom stereocenters. The number of halogens is 1. The maximum atomic E-state index is 12.2. The molecule has 1 aromatic rings. The molecule has 5 heteroatoms. The van der Waals surface area contributed by atoms with E-state index >= 15 is 0 Å². The van der Waals surface area contributed by atoms with Gasteiger partial charge >= 0.3 is 0 Å². The quantitative estimate of drug-likeness (QED) is 0.929. The van der Waals surface area contributed by atoms with Gasteiger partial charge in [0.1, 0.15) is 5.82 Å². The lowest BCUT2D eigenvalue weighted by Gasteiger charge is -2.21. The zero-order valence-corrected chi connectivity index (χ0v) is 12.0. The summed E-state index contributed by atoms with van der Waals surface area (Å²) in [6, 6.07) is 1.71. The number of nitrogens with two attached hydrogens (primary N) is 1. The van der Waals surface area contributed by atoms with Crippen molar-refractivity contribution in [2.75, 3.05) is 19.3 Å². The van der Waals surface area contributed by atoms with E-state index in [9.17, 15) is 4.79 Å². The number of nitrogens with zero attached hydrogens (tertiary/aromatic N) is 2. The zero-order chi connectivity index (χ0) is 13.0. The third kappa shape index (κ3) is 3.70. The number of aromatic nitrogens is 1. The molecular weight excluding hydrogens is 282 g/mol. The van der Waals surface area contributed by atoms with E-state index in [1.165, 1.54) is 0 Å². The SMILES string of the molecule is CCC(C)CN(C)C(=O)c1cc(Br)cnc1N. The van der Waals surface area contributed by atoms with E-state index in [0.29, 0.717) is 11.5 Å². The summed E-state index contributed by atoms with van der Waals surface area (Å²) >= 11 is 3.29. The van der Waals surface area contributed by atoms with Crippen LogP contribution < -0.4 is 5.73 Å². The summed E-state index contributed by atoms with van der Waals surface area (Å²) < 4.78 is 0.756. The summed E-state index contributed by atoms with van der Waals surface area (Å²) in [5, 5.41) is 0. The summed E-state index contributed by atoms with van der Waals surface area (Å²) in [6.45, 7) is 4.95. The molecule has 0 spiro atoms. The average molecular weight is 300 g/mol. The molecule has 1 unspecified atom stereocenters. The lowest BCUT2D eigenvalue weighted by atomic mass is 10.1. The molecule has 4 nitrogen and oxygen atoms in total. The van der Waals surface area contributed by atoms with Crippen LogP contribution in [0.2, 0.25) is 0 Å². The van der Waals surface area contributed by atoms with Crippen LogP contribution in [-0.4, -0.2) is 29.4 Å². The number of pyridine rings is 1. The highest BCUT2D eigenvalue weighted by molar-refractivity contribution is 9.10. The van der Waals surface area contributed by atoms with Crippen molar-refractivity contribution >= 4 is 27.7 Å². The number of carbonyl (C=O) groups is 1. The van der Waals surface area contributed by atoms with E-state index in [-0.39, 0.29) is 11.7 Å².